The highest BCUT2D eigenvalue weighted by atomic mass is 32.1. The van der Waals surface area contributed by atoms with Crippen LogP contribution in [0.25, 0.3) is 10.7 Å². The third kappa shape index (κ3) is 3.01. The van der Waals surface area contributed by atoms with Gasteiger partial charge in [0, 0.05) is 12.2 Å². The Hall–Kier alpha value is -1.99. The first kappa shape index (κ1) is 15.5. The lowest BCUT2D eigenvalue weighted by molar-refractivity contribution is 0.144. The SMILES string of the molecule is Cc1cnn(C[C@H]2CCCN2[C@H](C)c2nc(-c3cccs3)no2)c1. The molecule has 0 spiro atoms. The molecule has 1 saturated heterocycles. The normalized spacial score (nSPS) is 19.8. The van der Waals surface area contributed by atoms with E-state index < -0.39 is 0 Å². The summed E-state index contributed by atoms with van der Waals surface area (Å²) in [5.41, 5.74) is 1.20. The zero-order valence-electron chi connectivity index (χ0n) is 13.9. The van der Waals surface area contributed by atoms with Gasteiger partial charge in [-0.25, -0.2) is 0 Å². The van der Waals surface area contributed by atoms with Crippen LogP contribution < -0.4 is 0 Å². The Morgan fingerprint density at radius 2 is 2.38 bits per heavy atom. The summed E-state index contributed by atoms with van der Waals surface area (Å²) in [6.07, 6.45) is 6.38. The second kappa shape index (κ2) is 6.49. The molecule has 1 fully saturated rings. The van der Waals surface area contributed by atoms with E-state index in [-0.39, 0.29) is 6.04 Å². The molecule has 0 aliphatic carbocycles. The summed E-state index contributed by atoms with van der Waals surface area (Å²) in [7, 11) is 0. The van der Waals surface area contributed by atoms with E-state index >= 15 is 0 Å². The average molecular weight is 343 g/mol. The molecule has 0 amide bonds. The zero-order valence-corrected chi connectivity index (χ0v) is 14.7. The van der Waals surface area contributed by atoms with Crippen LogP contribution in [0.5, 0.6) is 0 Å². The van der Waals surface area contributed by atoms with Gasteiger partial charge in [-0.3, -0.25) is 9.58 Å². The number of aryl methyl sites for hydroxylation is 1. The van der Waals surface area contributed by atoms with Gasteiger partial charge in [0.2, 0.25) is 11.7 Å². The van der Waals surface area contributed by atoms with Gasteiger partial charge in [0.25, 0.3) is 0 Å². The lowest BCUT2D eigenvalue weighted by Crippen LogP contribution is -2.35. The number of nitrogens with zero attached hydrogens (tertiary/aromatic N) is 5. The smallest absolute Gasteiger partial charge is 0.244 e. The van der Waals surface area contributed by atoms with Crippen LogP contribution in [0.2, 0.25) is 0 Å². The number of likely N-dealkylation sites (tertiary alicyclic amines) is 1. The highest BCUT2D eigenvalue weighted by Crippen LogP contribution is 2.31. The molecule has 7 heteroatoms. The summed E-state index contributed by atoms with van der Waals surface area (Å²) >= 11 is 1.63. The third-order valence-corrected chi connectivity index (χ3v) is 5.49. The largest absolute Gasteiger partial charge is 0.337 e. The van der Waals surface area contributed by atoms with Gasteiger partial charge < -0.3 is 4.52 Å². The summed E-state index contributed by atoms with van der Waals surface area (Å²) in [5.74, 6) is 1.38. The molecule has 4 heterocycles. The van der Waals surface area contributed by atoms with Crippen LogP contribution >= 0.6 is 11.3 Å². The van der Waals surface area contributed by atoms with Gasteiger partial charge in [-0.1, -0.05) is 11.2 Å². The van der Waals surface area contributed by atoms with Crippen molar-refractivity contribution in [2.45, 2.75) is 45.3 Å². The highest BCUT2D eigenvalue weighted by Gasteiger charge is 2.32. The van der Waals surface area contributed by atoms with E-state index in [0.29, 0.717) is 17.8 Å². The van der Waals surface area contributed by atoms with Gasteiger partial charge in [0.1, 0.15) is 0 Å². The second-order valence-corrected chi connectivity index (χ2v) is 7.33. The Labute approximate surface area is 145 Å². The Morgan fingerprint density at radius 1 is 1.46 bits per heavy atom. The summed E-state index contributed by atoms with van der Waals surface area (Å²) in [5, 5.41) is 10.6. The molecule has 0 N–H and O–H groups in total. The zero-order chi connectivity index (χ0) is 16.5. The molecule has 24 heavy (non-hydrogen) atoms. The van der Waals surface area contributed by atoms with Crippen LogP contribution in [0.1, 0.15) is 37.3 Å². The van der Waals surface area contributed by atoms with Crippen molar-refractivity contribution in [3.8, 4) is 10.7 Å². The molecule has 2 atom stereocenters. The van der Waals surface area contributed by atoms with Gasteiger partial charge in [-0.05, 0) is 50.2 Å². The summed E-state index contributed by atoms with van der Waals surface area (Å²) in [6.45, 7) is 6.19. The lowest BCUT2D eigenvalue weighted by atomic mass is 10.2. The Bertz CT molecular complexity index is 794. The topological polar surface area (TPSA) is 60.0 Å². The van der Waals surface area contributed by atoms with Crippen LogP contribution in [0, 0.1) is 6.92 Å². The average Bonchev–Trinajstić information content (AvgIpc) is 3.35. The fraction of sp³-hybridized carbons (Fsp3) is 0.471. The molecular formula is C17H21N5OS. The minimum Gasteiger partial charge on any atom is -0.337 e. The molecule has 0 aromatic carbocycles. The first-order valence-corrected chi connectivity index (χ1v) is 9.21. The van der Waals surface area contributed by atoms with Crippen LogP contribution in [0.4, 0.5) is 0 Å². The molecule has 6 nitrogen and oxygen atoms in total. The van der Waals surface area contributed by atoms with E-state index in [9.17, 15) is 0 Å². The molecule has 0 bridgehead atoms. The minimum atomic E-state index is 0.121. The highest BCUT2D eigenvalue weighted by molar-refractivity contribution is 7.13. The van der Waals surface area contributed by atoms with Crippen LogP contribution in [-0.2, 0) is 6.54 Å². The Morgan fingerprint density at radius 3 is 3.12 bits per heavy atom. The molecule has 4 rings (SSSR count). The molecular weight excluding hydrogens is 322 g/mol. The monoisotopic (exact) mass is 343 g/mol. The van der Waals surface area contributed by atoms with Crippen molar-refractivity contribution in [2.24, 2.45) is 0 Å². The first-order valence-electron chi connectivity index (χ1n) is 8.33. The molecule has 3 aromatic heterocycles. The van der Waals surface area contributed by atoms with Crippen LogP contribution in [0.3, 0.4) is 0 Å². The maximum atomic E-state index is 5.55. The van der Waals surface area contributed by atoms with Crippen molar-refractivity contribution < 1.29 is 4.52 Å². The summed E-state index contributed by atoms with van der Waals surface area (Å²) in [4.78, 5) is 8.12. The standard InChI is InChI=1S/C17H21N5OS/c1-12-9-18-21(10-12)11-14-5-3-7-22(14)13(2)17-19-16(20-23-17)15-6-4-8-24-15/h4,6,8-10,13-14H,3,5,7,11H2,1-2H3/t13-,14-/m1/s1. The fourth-order valence-electron chi connectivity index (χ4n) is 3.40. The fourth-order valence-corrected chi connectivity index (χ4v) is 4.05. The second-order valence-electron chi connectivity index (χ2n) is 6.38. The maximum absolute atomic E-state index is 5.55. The van der Waals surface area contributed by atoms with Gasteiger partial charge in [-0.15, -0.1) is 11.3 Å². The van der Waals surface area contributed by atoms with Crippen molar-refractivity contribution in [3.63, 3.8) is 0 Å². The predicted octanol–water partition coefficient (Wildman–Crippen LogP) is 3.53. The molecule has 1 aliphatic rings. The number of rotatable bonds is 5. The van der Waals surface area contributed by atoms with Gasteiger partial charge in [0.05, 0.1) is 23.7 Å². The van der Waals surface area contributed by atoms with Crippen molar-refractivity contribution >= 4 is 11.3 Å². The Balaban J connectivity index is 1.49. The minimum absolute atomic E-state index is 0.121. The molecule has 3 aromatic rings. The number of thiophene rings is 1. The molecule has 0 unspecified atom stereocenters. The van der Waals surface area contributed by atoms with E-state index in [0.717, 1.165) is 18.0 Å². The van der Waals surface area contributed by atoms with Gasteiger partial charge in [0.15, 0.2) is 0 Å². The van der Waals surface area contributed by atoms with E-state index in [1.165, 1.54) is 18.4 Å². The van der Waals surface area contributed by atoms with E-state index in [1.54, 1.807) is 11.3 Å². The molecule has 0 radical (unpaired) electrons. The van der Waals surface area contributed by atoms with Gasteiger partial charge >= 0.3 is 0 Å². The number of hydrogen-bond acceptors (Lipinski definition) is 6. The maximum Gasteiger partial charge on any atom is 0.244 e. The molecule has 126 valence electrons. The van der Waals surface area contributed by atoms with E-state index in [2.05, 4.69) is 40.2 Å². The predicted molar refractivity (Wildman–Crippen MR) is 92.7 cm³/mol. The Kier molecular flexibility index (Phi) is 4.20. The molecule has 1 aliphatic heterocycles. The lowest BCUT2D eigenvalue weighted by Gasteiger charge is -2.28. The van der Waals surface area contributed by atoms with Gasteiger partial charge in [-0.2, -0.15) is 10.1 Å². The number of aromatic nitrogens is 4. The van der Waals surface area contributed by atoms with E-state index in [1.807, 2.05) is 28.4 Å². The number of hydrogen-bond donors (Lipinski definition) is 0. The summed E-state index contributed by atoms with van der Waals surface area (Å²) < 4.78 is 7.58. The first-order chi connectivity index (χ1) is 11.7. The van der Waals surface area contributed by atoms with E-state index in [4.69, 9.17) is 4.52 Å². The summed E-state index contributed by atoms with van der Waals surface area (Å²) in [6, 6.07) is 4.59. The van der Waals surface area contributed by atoms with Crippen molar-refractivity contribution in [3.05, 3.63) is 41.4 Å². The van der Waals surface area contributed by atoms with Crippen molar-refractivity contribution in [1.29, 1.82) is 0 Å². The van der Waals surface area contributed by atoms with Crippen LogP contribution in [0.15, 0.2) is 34.4 Å². The third-order valence-electron chi connectivity index (χ3n) is 4.62. The van der Waals surface area contributed by atoms with Crippen molar-refractivity contribution in [2.75, 3.05) is 6.54 Å². The van der Waals surface area contributed by atoms with Crippen molar-refractivity contribution in [1.82, 2.24) is 24.8 Å². The molecule has 0 saturated carbocycles. The quantitative estimate of drug-likeness (QED) is 0.709. The van der Waals surface area contributed by atoms with Crippen LogP contribution in [-0.4, -0.2) is 37.4 Å².